The van der Waals surface area contributed by atoms with E-state index in [0.29, 0.717) is 5.92 Å². The summed E-state index contributed by atoms with van der Waals surface area (Å²) in [6.45, 7) is 2.30. The van der Waals surface area contributed by atoms with E-state index >= 15 is 0 Å². The molecule has 0 nitrogen and oxygen atoms in total. The second-order valence-electron chi connectivity index (χ2n) is 8.57. The first-order valence-electron chi connectivity index (χ1n) is 10.0. The largest absolute Gasteiger partial charge is 0.244 e. The van der Waals surface area contributed by atoms with E-state index in [0.717, 1.165) is 30.6 Å². The third kappa shape index (κ3) is 4.07. The zero-order chi connectivity index (χ0) is 16.4. The van der Waals surface area contributed by atoms with E-state index in [1.54, 1.807) is 0 Å². The van der Waals surface area contributed by atoms with Gasteiger partial charge in [-0.3, -0.25) is 0 Å². The van der Waals surface area contributed by atoms with Gasteiger partial charge in [-0.1, -0.05) is 26.2 Å². The SMILES string of the molecule is CCC1CCC(C2CCC(C3CC(F)C(F)C(F)C3)CC2)CC1. The minimum Gasteiger partial charge on any atom is -0.244 e. The number of halogens is 3. The van der Waals surface area contributed by atoms with E-state index in [4.69, 9.17) is 0 Å². The van der Waals surface area contributed by atoms with Gasteiger partial charge in [0.1, 0.15) is 12.3 Å². The molecule has 0 radical (unpaired) electrons. The van der Waals surface area contributed by atoms with Crippen LogP contribution in [0.5, 0.6) is 0 Å². The first-order chi connectivity index (χ1) is 11.1. The highest BCUT2D eigenvalue weighted by molar-refractivity contribution is 4.91. The Labute approximate surface area is 139 Å². The van der Waals surface area contributed by atoms with Gasteiger partial charge in [-0.05, 0) is 81.0 Å². The normalized spacial score (nSPS) is 49.0. The highest BCUT2D eigenvalue weighted by Gasteiger charge is 2.42. The van der Waals surface area contributed by atoms with Crippen LogP contribution in [0.2, 0.25) is 0 Å². The molecule has 3 aliphatic rings. The molecule has 0 aromatic rings. The summed E-state index contributed by atoms with van der Waals surface area (Å²) in [6, 6.07) is 0. The molecular weight excluding hydrogens is 297 g/mol. The molecule has 23 heavy (non-hydrogen) atoms. The van der Waals surface area contributed by atoms with Crippen LogP contribution < -0.4 is 0 Å². The Morgan fingerprint density at radius 3 is 1.43 bits per heavy atom. The highest BCUT2D eigenvalue weighted by Crippen LogP contribution is 2.46. The van der Waals surface area contributed by atoms with Crippen LogP contribution >= 0.6 is 0 Å². The van der Waals surface area contributed by atoms with Crippen molar-refractivity contribution in [1.82, 2.24) is 0 Å². The Morgan fingerprint density at radius 2 is 1.00 bits per heavy atom. The molecule has 0 N–H and O–H groups in total. The smallest absolute Gasteiger partial charge is 0.162 e. The van der Waals surface area contributed by atoms with Crippen molar-refractivity contribution in [1.29, 1.82) is 0 Å². The minimum atomic E-state index is -1.88. The zero-order valence-corrected chi connectivity index (χ0v) is 14.5. The third-order valence-electron chi connectivity index (χ3n) is 7.37. The summed E-state index contributed by atoms with van der Waals surface area (Å²) >= 11 is 0. The van der Waals surface area contributed by atoms with E-state index in [9.17, 15) is 13.2 Å². The highest BCUT2D eigenvalue weighted by atomic mass is 19.2. The van der Waals surface area contributed by atoms with Crippen molar-refractivity contribution in [2.24, 2.45) is 29.6 Å². The molecule has 0 amide bonds. The second-order valence-corrected chi connectivity index (χ2v) is 8.57. The fourth-order valence-electron chi connectivity index (χ4n) is 5.70. The van der Waals surface area contributed by atoms with Crippen molar-refractivity contribution in [3.63, 3.8) is 0 Å². The van der Waals surface area contributed by atoms with Crippen molar-refractivity contribution in [3.8, 4) is 0 Å². The molecule has 3 heteroatoms. The summed E-state index contributed by atoms with van der Waals surface area (Å²) < 4.78 is 40.6. The lowest BCUT2D eigenvalue weighted by molar-refractivity contribution is -0.00706. The molecule has 2 unspecified atom stereocenters. The number of hydrogen-bond donors (Lipinski definition) is 0. The zero-order valence-electron chi connectivity index (χ0n) is 14.5. The lowest BCUT2D eigenvalue weighted by Gasteiger charge is -2.41. The first kappa shape index (κ1) is 17.6. The van der Waals surface area contributed by atoms with Gasteiger partial charge in [-0.15, -0.1) is 0 Å². The van der Waals surface area contributed by atoms with E-state index in [-0.39, 0.29) is 18.8 Å². The summed E-state index contributed by atoms with van der Waals surface area (Å²) in [5, 5.41) is 0. The Kier molecular flexibility index (Phi) is 5.96. The molecule has 3 fully saturated rings. The van der Waals surface area contributed by atoms with Crippen LogP contribution in [0.15, 0.2) is 0 Å². The number of rotatable bonds is 3. The number of alkyl halides is 3. The van der Waals surface area contributed by atoms with Gasteiger partial charge < -0.3 is 0 Å². The topological polar surface area (TPSA) is 0 Å². The Hall–Kier alpha value is -0.210. The lowest BCUT2D eigenvalue weighted by Crippen LogP contribution is -2.40. The van der Waals surface area contributed by atoms with Crippen LogP contribution in [0.25, 0.3) is 0 Å². The average molecular weight is 330 g/mol. The van der Waals surface area contributed by atoms with Crippen molar-refractivity contribution < 1.29 is 13.2 Å². The maximum Gasteiger partial charge on any atom is 0.162 e. The molecule has 3 aliphatic carbocycles. The van der Waals surface area contributed by atoms with Gasteiger partial charge in [0.05, 0.1) is 0 Å². The van der Waals surface area contributed by atoms with Gasteiger partial charge in [0.15, 0.2) is 6.17 Å². The molecule has 2 atom stereocenters. The van der Waals surface area contributed by atoms with Crippen LogP contribution in [-0.4, -0.2) is 18.5 Å². The summed E-state index contributed by atoms with van der Waals surface area (Å²) in [6.07, 6.45) is 7.04. The van der Waals surface area contributed by atoms with E-state index in [1.165, 1.54) is 44.9 Å². The van der Waals surface area contributed by atoms with Crippen molar-refractivity contribution in [2.45, 2.75) is 96.1 Å². The predicted octanol–water partition coefficient (Wildman–Crippen LogP) is 6.43. The maximum atomic E-state index is 13.7. The fourth-order valence-corrected chi connectivity index (χ4v) is 5.70. The van der Waals surface area contributed by atoms with Crippen molar-refractivity contribution >= 4 is 0 Å². The maximum absolute atomic E-state index is 13.7. The van der Waals surface area contributed by atoms with Gasteiger partial charge in [-0.25, -0.2) is 13.2 Å². The summed E-state index contributed by atoms with van der Waals surface area (Å²) in [5.74, 6) is 3.18. The minimum absolute atomic E-state index is 0.0729. The third-order valence-corrected chi connectivity index (χ3v) is 7.37. The first-order valence-corrected chi connectivity index (χ1v) is 10.0. The molecule has 3 saturated carbocycles. The predicted molar refractivity (Wildman–Crippen MR) is 88.6 cm³/mol. The Bertz CT molecular complexity index is 344. The number of hydrogen-bond acceptors (Lipinski definition) is 0. The van der Waals surface area contributed by atoms with Gasteiger partial charge in [0, 0.05) is 0 Å². The molecule has 134 valence electrons. The average Bonchev–Trinajstić information content (AvgIpc) is 2.59. The fraction of sp³-hybridized carbons (Fsp3) is 1.00. The lowest BCUT2D eigenvalue weighted by atomic mass is 9.65. The van der Waals surface area contributed by atoms with Crippen LogP contribution in [0.4, 0.5) is 13.2 Å². The molecular formula is C20H33F3. The summed E-state index contributed by atoms with van der Waals surface area (Å²) in [4.78, 5) is 0. The van der Waals surface area contributed by atoms with E-state index < -0.39 is 18.5 Å². The molecule has 0 aromatic heterocycles. The quantitative estimate of drug-likeness (QED) is 0.559. The van der Waals surface area contributed by atoms with Crippen LogP contribution in [0.3, 0.4) is 0 Å². The standard InChI is InChI=1S/C20H33F3/c1-2-13-3-5-14(6-4-13)15-7-9-16(10-8-15)17-11-18(21)20(23)19(22)12-17/h13-20H,2-12H2,1H3. The van der Waals surface area contributed by atoms with E-state index in [1.807, 2.05) is 0 Å². The Balaban J connectivity index is 1.45. The molecule has 0 saturated heterocycles. The molecule has 0 aromatic carbocycles. The van der Waals surface area contributed by atoms with Gasteiger partial charge in [0.25, 0.3) is 0 Å². The molecule has 0 bridgehead atoms. The molecule has 3 rings (SSSR count). The Morgan fingerprint density at radius 1 is 0.609 bits per heavy atom. The van der Waals surface area contributed by atoms with Crippen molar-refractivity contribution in [3.05, 3.63) is 0 Å². The molecule has 0 aliphatic heterocycles. The van der Waals surface area contributed by atoms with Crippen LogP contribution in [-0.2, 0) is 0 Å². The molecule has 0 spiro atoms. The van der Waals surface area contributed by atoms with Gasteiger partial charge in [-0.2, -0.15) is 0 Å². The second kappa shape index (κ2) is 7.78. The van der Waals surface area contributed by atoms with Crippen LogP contribution in [0.1, 0.15) is 77.6 Å². The van der Waals surface area contributed by atoms with Crippen molar-refractivity contribution in [2.75, 3.05) is 0 Å². The van der Waals surface area contributed by atoms with Gasteiger partial charge in [0.2, 0.25) is 0 Å². The van der Waals surface area contributed by atoms with Crippen LogP contribution in [0, 0.1) is 29.6 Å². The van der Waals surface area contributed by atoms with E-state index in [2.05, 4.69) is 6.92 Å². The summed E-state index contributed by atoms with van der Waals surface area (Å²) in [5.41, 5.74) is 0. The van der Waals surface area contributed by atoms with Gasteiger partial charge >= 0.3 is 0 Å². The molecule has 0 heterocycles. The summed E-state index contributed by atoms with van der Waals surface area (Å²) in [7, 11) is 0. The monoisotopic (exact) mass is 330 g/mol.